The number of hydrogen-bond donors (Lipinski definition) is 1. The molecule has 0 amide bonds. The highest BCUT2D eigenvalue weighted by Crippen LogP contribution is 2.47. The fraction of sp³-hybridized carbons (Fsp3) is 0.333. The molecule has 0 aromatic carbocycles. The van der Waals surface area contributed by atoms with Crippen molar-refractivity contribution in [1.29, 1.82) is 0 Å². The van der Waals surface area contributed by atoms with Crippen molar-refractivity contribution in [2.45, 2.75) is 26.2 Å². The van der Waals surface area contributed by atoms with Crippen molar-refractivity contribution in [3.8, 4) is 0 Å². The summed E-state index contributed by atoms with van der Waals surface area (Å²) in [5.41, 5.74) is 6.36. The minimum Gasteiger partial charge on any atom is -0.460 e. The van der Waals surface area contributed by atoms with Crippen molar-refractivity contribution in [1.82, 2.24) is 4.68 Å². The van der Waals surface area contributed by atoms with E-state index >= 15 is 0 Å². The largest absolute Gasteiger partial charge is 0.460 e. The number of nitrogen functional groups attached to an aromatic ring is 1. The van der Waals surface area contributed by atoms with Gasteiger partial charge in [-0.3, -0.25) is 4.79 Å². The highest BCUT2D eigenvalue weighted by atomic mass is 16.3. The molecule has 0 spiro atoms. The first-order chi connectivity index (χ1) is 9.54. The van der Waals surface area contributed by atoms with Crippen LogP contribution in [0, 0.1) is 12.8 Å². The monoisotopic (exact) mass is 271 g/mol. The van der Waals surface area contributed by atoms with Crippen LogP contribution in [-0.4, -0.2) is 10.9 Å². The van der Waals surface area contributed by atoms with Crippen molar-refractivity contribution < 1.29 is 4.42 Å². The second-order valence-electron chi connectivity index (χ2n) is 5.41. The van der Waals surface area contributed by atoms with Gasteiger partial charge in [0.1, 0.15) is 17.3 Å². The molecule has 2 aromatic rings. The second-order valence-corrected chi connectivity index (χ2v) is 5.41. The maximum Gasteiger partial charge on any atom is 0.273 e. The number of nitrogens with zero attached hydrogens (tertiary/aromatic N) is 2. The SMILES string of the molecule is Cc1cc(N)n(/N=C\c2ccc([C@H]3C[C@H]3C)o2)c(=O)c1. The van der Waals surface area contributed by atoms with Crippen LogP contribution >= 0.6 is 0 Å². The molecule has 3 rings (SSSR count). The van der Waals surface area contributed by atoms with Gasteiger partial charge in [-0.25, -0.2) is 0 Å². The van der Waals surface area contributed by atoms with Gasteiger partial charge in [-0.15, -0.1) is 0 Å². The van der Waals surface area contributed by atoms with E-state index in [4.69, 9.17) is 10.2 Å². The molecule has 2 N–H and O–H groups in total. The smallest absolute Gasteiger partial charge is 0.273 e. The Morgan fingerprint density at radius 3 is 2.85 bits per heavy atom. The summed E-state index contributed by atoms with van der Waals surface area (Å²) in [4.78, 5) is 11.8. The van der Waals surface area contributed by atoms with E-state index in [0.29, 0.717) is 23.4 Å². The van der Waals surface area contributed by atoms with Gasteiger partial charge in [-0.1, -0.05) is 6.92 Å². The first-order valence-electron chi connectivity index (χ1n) is 6.68. The van der Waals surface area contributed by atoms with Crippen LogP contribution in [0.4, 0.5) is 5.82 Å². The van der Waals surface area contributed by atoms with Crippen LogP contribution in [0.2, 0.25) is 0 Å². The van der Waals surface area contributed by atoms with Gasteiger partial charge in [0.05, 0.1) is 6.21 Å². The Labute approximate surface area is 116 Å². The molecule has 1 fully saturated rings. The van der Waals surface area contributed by atoms with Crippen LogP contribution in [0.3, 0.4) is 0 Å². The maximum absolute atomic E-state index is 11.8. The van der Waals surface area contributed by atoms with Crippen molar-refractivity contribution in [2.75, 3.05) is 5.73 Å². The minimum absolute atomic E-state index is 0.249. The van der Waals surface area contributed by atoms with E-state index in [0.717, 1.165) is 16.0 Å². The quantitative estimate of drug-likeness (QED) is 0.871. The fourth-order valence-corrected chi connectivity index (χ4v) is 2.31. The minimum atomic E-state index is -0.249. The molecule has 20 heavy (non-hydrogen) atoms. The van der Waals surface area contributed by atoms with Gasteiger partial charge in [-0.05, 0) is 43.0 Å². The van der Waals surface area contributed by atoms with Crippen LogP contribution in [0.15, 0.2) is 38.6 Å². The predicted molar refractivity (Wildman–Crippen MR) is 78.1 cm³/mol. The Bertz CT molecular complexity index is 727. The van der Waals surface area contributed by atoms with E-state index in [2.05, 4.69) is 12.0 Å². The Morgan fingerprint density at radius 1 is 1.45 bits per heavy atom. The molecule has 104 valence electrons. The third kappa shape index (κ3) is 2.39. The summed E-state index contributed by atoms with van der Waals surface area (Å²) < 4.78 is 6.86. The molecule has 0 saturated heterocycles. The van der Waals surface area contributed by atoms with Gasteiger partial charge in [0.15, 0.2) is 0 Å². The Morgan fingerprint density at radius 2 is 2.20 bits per heavy atom. The molecule has 0 unspecified atom stereocenters. The summed E-state index contributed by atoms with van der Waals surface area (Å²) in [5.74, 6) is 3.16. The van der Waals surface area contributed by atoms with E-state index < -0.39 is 0 Å². The topological polar surface area (TPSA) is 73.5 Å². The Kier molecular flexibility index (Phi) is 2.97. The first kappa shape index (κ1) is 12.7. The number of hydrogen-bond acceptors (Lipinski definition) is 4. The highest BCUT2D eigenvalue weighted by Gasteiger charge is 2.36. The van der Waals surface area contributed by atoms with E-state index in [1.54, 1.807) is 6.07 Å². The van der Waals surface area contributed by atoms with Gasteiger partial charge in [0, 0.05) is 12.0 Å². The lowest BCUT2D eigenvalue weighted by Crippen LogP contribution is -2.19. The Hall–Kier alpha value is -2.30. The number of aryl methyl sites for hydroxylation is 1. The van der Waals surface area contributed by atoms with Gasteiger partial charge in [0.2, 0.25) is 0 Å². The zero-order chi connectivity index (χ0) is 14.3. The fourth-order valence-electron chi connectivity index (χ4n) is 2.31. The zero-order valence-electron chi connectivity index (χ0n) is 11.5. The van der Waals surface area contributed by atoms with E-state index in [1.807, 2.05) is 19.1 Å². The molecule has 5 heteroatoms. The third-order valence-electron chi connectivity index (χ3n) is 3.60. The molecule has 2 atom stereocenters. The average molecular weight is 271 g/mol. The van der Waals surface area contributed by atoms with Gasteiger partial charge in [-0.2, -0.15) is 9.78 Å². The lowest BCUT2D eigenvalue weighted by Gasteiger charge is -2.02. The number of pyridine rings is 1. The normalized spacial score (nSPS) is 21.5. The van der Waals surface area contributed by atoms with E-state index in [-0.39, 0.29) is 5.56 Å². The second kappa shape index (κ2) is 4.67. The average Bonchev–Trinajstić information content (AvgIpc) is 2.92. The van der Waals surface area contributed by atoms with Crippen LogP contribution in [0.25, 0.3) is 0 Å². The summed E-state index contributed by atoms with van der Waals surface area (Å²) in [7, 11) is 0. The molecule has 2 heterocycles. The summed E-state index contributed by atoms with van der Waals surface area (Å²) in [6, 6.07) is 7.03. The molecule has 0 radical (unpaired) electrons. The summed E-state index contributed by atoms with van der Waals surface area (Å²) in [5, 5.41) is 4.09. The van der Waals surface area contributed by atoms with Crippen molar-refractivity contribution in [3.63, 3.8) is 0 Å². The van der Waals surface area contributed by atoms with Crippen molar-refractivity contribution >= 4 is 12.0 Å². The van der Waals surface area contributed by atoms with Crippen molar-refractivity contribution in [3.05, 3.63) is 51.7 Å². The number of rotatable bonds is 3. The molecule has 0 bridgehead atoms. The Balaban J connectivity index is 1.84. The number of anilines is 1. The highest BCUT2D eigenvalue weighted by molar-refractivity contribution is 5.76. The number of aromatic nitrogens is 1. The first-order valence-corrected chi connectivity index (χ1v) is 6.68. The third-order valence-corrected chi connectivity index (χ3v) is 3.60. The lowest BCUT2D eigenvalue weighted by molar-refractivity contribution is 0.500. The standard InChI is InChI=1S/C15H17N3O2/c1-9-5-14(16)18(15(19)6-9)17-8-11-3-4-13(20-11)12-7-10(12)2/h3-6,8,10,12H,7,16H2,1-2H3/b17-8-/t10-,12+/m1/s1. The van der Waals surface area contributed by atoms with Crippen LogP contribution < -0.4 is 11.3 Å². The molecule has 5 nitrogen and oxygen atoms in total. The predicted octanol–water partition coefficient (Wildman–Crippen LogP) is 2.34. The van der Waals surface area contributed by atoms with Crippen LogP contribution in [-0.2, 0) is 0 Å². The summed E-state index contributed by atoms with van der Waals surface area (Å²) >= 11 is 0. The van der Waals surface area contributed by atoms with Gasteiger partial charge < -0.3 is 10.2 Å². The molecular formula is C15H17N3O2. The van der Waals surface area contributed by atoms with Crippen LogP contribution in [0.1, 0.15) is 36.3 Å². The molecule has 1 aliphatic rings. The molecule has 1 saturated carbocycles. The maximum atomic E-state index is 11.8. The molecule has 1 aliphatic carbocycles. The molecule has 0 aliphatic heterocycles. The van der Waals surface area contributed by atoms with Crippen LogP contribution in [0.5, 0.6) is 0 Å². The summed E-state index contributed by atoms with van der Waals surface area (Å²) in [6.45, 7) is 4.02. The molecular weight excluding hydrogens is 254 g/mol. The lowest BCUT2D eigenvalue weighted by atomic mass is 10.3. The van der Waals surface area contributed by atoms with Gasteiger partial charge >= 0.3 is 0 Å². The van der Waals surface area contributed by atoms with E-state index in [9.17, 15) is 4.79 Å². The summed E-state index contributed by atoms with van der Waals surface area (Å²) in [6.07, 6.45) is 2.69. The van der Waals surface area contributed by atoms with Gasteiger partial charge in [0.25, 0.3) is 5.56 Å². The number of nitrogens with two attached hydrogens (primary N) is 1. The van der Waals surface area contributed by atoms with E-state index in [1.165, 1.54) is 18.7 Å². The number of furan rings is 1. The van der Waals surface area contributed by atoms with Crippen molar-refractivity contribution in [2.24, 2.45) is 11.0 Å². The molecule has 2 aromatic heterocycles. The zero-order valence-corrected chi connectivity index (χ0v) is 11.5.